The first-order valence-electron chi connectivity index (χ1n) is 5.86. The Morgan fingerprint density at radius 2 is 2.06 bits per heavy atom. The fraction of sp³-hybridized carbons (Fsp3) is 0.455. The molecule has 18 heavy (non-hydrogen) atoms. The van der Waals surface area contributed by atoms with Crippen LogP contribution in [0.2, 0.25) is 0 Å². The molecule has 0 unspecified atom stereocenters. The maximum absolute atomic E-state index is 4.67. The van der Waals surface area contributed by atoms with Crippen LogP contribution < -0.4 is 10.6 Å². The van der Waals surface area contributed by atoms with Gasteiger partial charge in [0.05, 0.1) is 0 Å². The number of aryl methyl sites for hydroxylation is 1. The molecule has 0 aliphatic heterocycles. The number of anilines is 2. The molecule has 7 heteroatoms. The molecule has 0 bridgehead atoms. The Morgan fingerprint density at radius 3 is 2.72 bits per heavy atom. The van der Waals surface area contributed by atoms with Crippen LogP contribution in [-0.4, -0.2) is 33.7 Å². The zero-order chi connectivity index (χ0) is 12.8. The van der Waals surface area contributed by atoms with Gasteiger partial charge < -0.3 is 15.2 Å². The Balaban J connectivity index is 1.95. The minimum absolute atomic E-state index is 0.682. The zero-order valence-corrected chi connectivity index (χ0v) is 10.5. The van der Waals surface area contributed by atoms with Gasteiger partial charge in [-0.2, -0.15) is 4.98 Å². The molecule has 0 spiro atoms. The van der Waals surface area contributed by atoms with Gasteiger partial charge in [-0.05, 0) is 0 Å². The predicted molar refractivity (Wildman–Crippen MR) is 67.4 cm³/mol. The van der Waals surface area contributed by atoms with Gasteiger partial charge in [0.2, 0.25) is 6.39 Å². The predicted octanol–water partition coefficient (Wildman–Crippen LogP) is 1.12. The van der Waals surface area contributed by atoms with E-state index in [2.05, 4.69) is 35.3 Å². The highest BCUT2D eigenvalue weighted by atomic mass is 16.5. The summed E-state index contributed by atoms with van der Waals surface area (Å²) < 4.78 is 4.67. The Bertz CT molecular complexity index is 462. The molecule has 0 radical (unpaired) electrons. The van der Waals surface area contributed by atoms with E-state index in [1.807, 2.05) is 20.0 Å². The van der Waals surface area contributed by atoms with Crippen LogP contribution in [0.1, 0.15) is 18.6 Å². The monoisotopic (exact) mass is 248 g/mol. The zero-order valence-electron chi connectivity index (χ0n) is 10.5. The number of aromatic nitrogens is 4. The summed E-state index contributed by atoms with van der Waals surface area (Å²) in [5, 5.41) is 9.98. The summed E-state index contributed by atoms with van der Waals surface area (Å²) in [4.78, 5) is 12.7. The van der Waals surface area contributed by atoms with Crippen molar-refractivity contribution in [1.29, 1.82) is 0 Å². The molecule has 0 fully saturated rings. The second kappa shape index (κ2) is 5.95. The van der Waals surface area contributed by atoms with E-state index in [0.717, 1.165) is 23.9 Å². The van der Waals surface area contributed by atoms with Crippen molar-refractivity contribution in [3.05, 3.63) is 24.1 Å². The first kappa shape index (κ1) is 12.3. The van der Waals surface area contributed by atoms with Gasteiger partial charge in [-0.15, -0.1) is 0 Å². The van der Waals surface area contributed by atoms with Crippen LogP contribution in [0.25, 0.3) is 0 Å². The summed E-state index contributed by atoms with van der Waals surface area (Å²) in [7, 11) is 1.84. The van der Waals surface area contributed by atoms with E-state index in [1.54, 1.807) is 0 Å². The summed E-state index contributed by atoms with van der Waals surface area (Å²) in [6.07, 6.45) is 2.82. The average Bonchev–Trinajstić information content (AvgIpc) is 2.91. The molecule has 2 heterocycles. The van der Waals surface area contributed by atoms with Crippen molar-refractivity contribution < 1.29 is 4.52 Å². The van der Waals surface area contributed by atoms with E-state index in [1.165, 1.54) is 6.39 Å². The average molecular weight is 248 g/mol. The quantitative estimate of drug-likeness (QED) is 0.791. The third kappa shape index (κ3) is 3.16. The Labute approximate surface area is 105 Å². The van der Waals surface area contributed by atoms with Crippen LogP contribution in [0.5, 0.6) is 0 Å². The molecule has 0 saturated heterocycles. The molecular formula is C11H16N6O. The van der Waals surface area contributed by atoms with Crippen molar-refractivity contribution in [2.45, 2.75) is 19.8 Å². The first-order valence-corrected chi connectivity index (χ1v) is 5.86. The Morgan fingerprint density at radius 1 is 1.22 bits per heavy atom. The smallest absolute Gasteiger partial charge is 0.213 e. The van der Waals surface area contributed by atoms with Gasteiger partial charge in [-0.25, -0.2) is 9.97 Å². The van der Waals surface area contributed by atoms with E-state index in [4.69, 9.17) is 0 Å². The lowest BCUT2D eigenvalue weighted by Gasteiger charge is -2.08. The standard InChI is InChI=1S/C11H16N6O/c1-3-8-15-10(12-2)6-11(16-8)13-5-4-9-14-7-18-17-9/h6-7H,3-5H2,1-2H3,(H2,12,13,15,16). The van der Waals surface area contributed by atoms with Gasteiger partial charge in [0.1, 0.15) is 17.5 Å². The SMILES string of the molecule is CCc1nc(NC)cc(NCCc2ncon2)n1. The topological polar surface area (TPSA) is 88.8 Å². The number of nitrogens with one attached hydrogen (secondary N) is 2. The molecule has 0 aromatic carbocycles. The van der Waals surface area contributed by atoms with Gasteiger partial charge in [0.15, 0.2) is 5.82 Å². The number of rotatable bonds is 6. The van der Waals surface area contributed by atoms with Crippen molar-refractivity contribution in [3.8, 4) is 0 Å². The maximum atomic E-state index is 4.67. The van der Waals surface area contributed by atoms with Crippen LogP contribution in [0.15, 0.2) is 17.0 Å². The molecule has 96 valence electrons. The summed E-state index contributed by atoms with van der Waals surface area (Å²) in [6, 6.07) is 1.87. The molecule has 0 aliphatic rings. The summed E-state index contributed by atoms with van der Waals surface area (Å²) in [5.74, 6) is 3.10. The highest BCUT2D eigenvalue weighted by molar-refractivity contribution is 5.47. The highest BCUT2D eigenvalue weighted by Gasteiger charge is 2.03. The van der Waals surface area contributed by atoms with Gasteiger partial charge in [0.25, 0.3) is 0 Å². The molecular weight excluding hydrogens is 232 g/mol. The van der Waals surface area contributed by atoms with E-state index >= 15 is 0 Å². The minimum Gasteiger partial charge on any atom is -0.373 e. The van der Waals surface area contributed by atoms with Crippen LogP contribution in [-0.2, 0) is 12.8 Å². The van der Waals surface area contributed by atoms with Crippen LogP contribution in [0.3, 0.4) is 0 Å². The van der Waals surface area contributed by atoms with Gasteiger partial charge in [-0.1, -0.05) is 12.1 Å². The van der Waals surface area contributed by atoms with Crippen molar-refractivity contribution in [2.75, 3.05) is 24.2 Å². The molecule has 0 aliphatic carbocycles. The second-order valence-electron chi connectivity index (χ2n) is 3.68. The number of hydrogen-bond donors (Lipinski definition) is 2. The van der Waals surface area contributed by atoms with E-state index in [9.17, 15) is 0 Å². The van der Waals surface area contributed by atoms with Gasteiger partial charge >= 0.3 is 0 Å². The summed E-state index contributed by atoms with van der Waals surface area (Å²) in [5.41, 5.74) is 0. The largest absolute Gasteiger partial charge is 0.373 e. The highest BCUT2D eigenvalue weighted by Crippen LogP contribution is 2.11. The van der Waals surface area contributed by atoms with Crippen molar-refractivity contribution >= 4 is 11.6 Å². The lowest BCUT2D eigenvalue weighted by atomic mass is 10.4. The molecule has 0 atom stereocenters. The Kier molecular flexibility index (Phi) is 4.06. The van der Waals surface area contributed by atoms with Gasteiger partial charge in [-0.3, -0.25) is 0 Å². The fourth-order valence-corrected chi connectivity index (χ4v) is 1.48. The maximum Gasteiger partial charge on any atom is 0.213 e. The van der Waals surface area contributed by atoms with E-state index < -0.39 is 0 Å². The molecule has 0 amide bonds. The summed E-state index contributed by atoms with van der Waals surface area (Å²) in [6.45, 7) is 2.72. The molecule has 0 saturated carbocycles. The lowest BCUT2D eigenvalue weighted by molar-refractivity contribution is 0.410. The van der Waals surface area contributed by atoms with Gasteiger partial charge in [0, 0.05) is 32.5 Å². The Hall–Kier alpha value is -2.18. The van der Waals surface area contributed by atoms with E-state index in [0.29, 0.717) is 18.8 Å². The molecule has 2 aromatic heterocycles. The number of hydrogen-bond acceptors (Lipinski definition) is 7. The van der Waals surface area contributed by atoms with Crippen LogP contribution in [0.4, 0.5) is 11.6 Å². The normalized spacial score (nSPS) is 10.3. The lowest BCUT2D eigenvalue weighted by Crippen LogP contribution is -2.09. The van der Waals surface area contributed by atoms with Crippen molar-refractivity contribution in [2.24, 2.45) is 0 Å². The third-order valence-electron chi connectivity index (χ3n) is 2.41. The molecule has 2 N–H and O–H groups in total. The summed E-state index contributed by atoms with van der Waals surface area (Å²) >= 11 is 0. The first-order chi connectivity index (χ1) is 8.81. The van der Waals surface area contributed by atoms with E-state index in [-0.39, 0.29) is 0 Å². The van der Waals surface area contributed by atoms with Crippen molar-refractivity contribution in [1.82, 2.24) is 20.1 Å². The number of nitrogens with zero attached hydrogens (tertiary/aromatic N) is 4. The molecule has 2 rings (SSSR count). The minimum atomic E-state index is 0.682. The second-order valence-corrected chi connectivity index (χ2v) is 3.68. The van der Waals surface area contributed by atoms with Crippen LogP contribution >= 0.6 is 0 Å². The van der Waals surface area contributed by atoms with Crippen LogP contribution in [0, 0.1) is 0 Å². The van der Waals surface area contributed by atoms with Crippen molar-refractivity contribution in [3.63, 3.8) is 0 Å². The molecule has 7 nitrogen and oxygen atoms in total. The fourth-order valence-electron chi connectivity index (χ4n) is 1.48. The molecule has 2 aromatic rings. The third-order valence-corrected chi connectivity index (χ3v) is 2.41.